The van der Waals surface area contributed by atoms with Gasteiger partial charge in [-0.3, -0.25) is 0 Å². The molecule has 2 nitrogen and oxygen atoms in total. The molecule has 1 fully saturated rings. The third-order valence-corrected chi connectivity index (χ3v) is 3.47. The number of benzene rings is 1. The van der Waals surface area contributed by atoms with E-state index in [0.717, 1.165) is 19.4 Å². The van der Waals surface area contributed by atoms with Crippen molar-refractivity contribution in [2.45, 2.75) is 51.2 Å². The quantitative estimate of drug-likeness (QED) is 0.808. The van der Waals surface area contributed by atoms with E-state index < -0.39 is 0 Å². The molecule has 1 aliphatic rings. The topological polar surface area (TPSA) is 35.2 Å². The van der Waals surface area contributed by atoms with Crippen LogP contribution in [-0.2, 0) is 10.2 Å². The second-order valence-electron chi connectivity index (χ2n) is 5.97. The van der Waals surface area contributed by atoms with E-state index in [9.17, 15) is 0 Å². The van der Waals surface area contributed by atoms with E-state index in [2.05, 4.69) is 45.0 Å². The highest BCUT2D eigenvalue weighted by atomic mass is 16.5. The number of rotatable bonds is 1. The Bertz CT molecular complexity index is 364. The number of hydrogen-bond acceptors (Lipinski definition) is 2. The molecule has 2 unspecified atom stereocenters. The highest BCUT2D eigenvalue weighted by Crippen LogP contribution is 2.29. The molecule has 1 heterocycles. The molecule has 2 atom stereocenters. The predicted octanol–water partition coefficient (Wildman–Crippen LogP) is 3.16. The van der Waals surface area contributed by atoms with Gasteiger partial charge in [0.15, 0.2) is 0 Å². The summed E-state index contributed by atoms with van der Waals surface area (Å²) in [4.78, 5) is 0. The first-order valence-corrected chi connectivity index (χ1v) is 6.46. The summed E-state index contributed by atoms with van der Waals surface area (Å²) in [7, 11) is 0. The van der Waals surface area contributed by atoms with Crippen molar-refractivity contribution in [3.8, 4) is 0 Å². The maximum absolute atomic E-state index is 6.11. The average molecular weight is 233 g/mol. The summed E-state index contributed by atoms with van der Waals surface area (Å²) in [5.41, 5.74) is 8.88. The number of hydrogen-bond donors (Lipinski definition) is 1. The van der Waals surface area contributed by atoms with Crippen LogP contribution in [0.3, 0.4) is 0 Å². The molecule has 2 N–H and O–H groups in total. The highest BCUT2D eigenvalue weighted by molar-refractivity contribution is 5.29. The molecule has 94 valence electrons. The minimum atomic E-state index is 0.0813. The van der Waals surface area contributed by atoms with Gasteiger partial charge in [0.05, 0.1) is 6.10 Å². The first kappa shape index (κ1) is 12.6. The van der Waals surface area contributed by atoms with Gasteiger partial charge in [0.25, 0.3) is 0 Å². The Morgan fingerprint density at radius 1 is 1.18 bits per heavy atom. The molecular weight excluding hydrogens is 210 g/mol. The van der Waals surface area contributed by atoms with Crippen molar-refractivity contribution in [1.82, 2.24) is 0 Å². The van der Waals surface area contributed by atoms with Gasteiger partial charge >= 0.3 is 0 Å². The van der Waals surface area contributed by atoms with Crippen molar-refractivity contribution in [1.29, 1.82) is 0 Å². The Morgan fingerprint density at radius 2 is 1.82 bits per heavy atom. The molecule has 0 amide bonds. The summed E-state index contributed by atoms with van der Waals surface area (Å²) < 4.78 is 5.78. The molecule has 0 spiro atoms. The van der Waals surface area contributed by atoms with Crippen molar-refractivity contribution < 1.29 is 4.74 Å². The maximum Gasteiger partial charge on any atom is 0.0975 e. The van der Waals surface area contributed by atoms with Crippen molar-refractivity contribution >= 4 is 0 Å². The van der Waals surface area contributed by atoms with Crippen LogP contribution in [0.15, 0.2) is 24.3 Å². The van der Waals surface area contributed by atoms with Gasteiger partial charge in [-0.15, -0.1) is 0 Å². The van der Waals surface area contributed by atoms with Crippen LogP contribution in [0.25, 0.3) is 0 Å². The van der Waals surface area contributed by atoms with E-state index in [-0.39, 0.29) is 17.6 Å². The van der Waals surface area contributed by atoms with E-state index in [4.69, 9.17) is 10.5 Å². The Morgan fingerprint density at radius 3 is 2.35 bits per heavy atom. The zero-order valence-corrected chi connectivity index (χ0v) is 11.1. The van der Waals surface area contributed by atoms with Crippen LogP contribution in [0.2, 0.25) is 0 Å². The fraction of sp³-hybridized carbons (Fsp3) is 0.600. The summed E-state index contributed by atoms with van der Waals surface area (Å²) in [6, 6.07) is 8.86. The standard InChI is InChI=1S/C15H23NO/c1-15(2,3)12-8-6-11(7-9-12)14-13(16)5-4-10-17-14/h6-9,13-14H,4-5,10,16H2,1-3H3. The lowest BCUT2D eigenvalue weighted by molar-refractivity contribution is 0.000130. The van der Waals surface area contributed by atoms with E-state index in [1.807, 2.05) is 0 Å². The zero-order valence-electron chi connectivity index (χ0n) is 11.1. The second-order valence-corrected chi connectivity index (χ2v) is 5.97. The van der Waals surface area contributed by atoms with Crippen molar-refractivity contribution in [2.75, 3.05) is 6.61 Å². The lowest BCUT2D eigenvalue weighted by Crippen LogP contribution is -2.34. The van der Waals surface area contributed by atoms with E-state index >= 15 is 0 Å². The molecule has 2 heteroatoms. The summed E-state index contributed by atoms with van der Waals surface area (Å²) >= 11 is 0. The molecule has 0 radical (unpaired) electrons. The molecule has 1 saturated heterocycles. The summed E-state index contributed by atoms with van der Waals surface area (Å²) in [5.74, 6) is 0. The lowest BCUT2D eigenvalue weighted by Gasteiger charge is -2.29. The molecule has 1 aliphatic heterocycles. The number of nitrogens with two attached hydrogens (primary N) is 1. The molecule has 0 bridgehead atoms. The molecule has 0 aliphatic carbocycles. The van der Waals surface area contributed by atoms with Gasteiger partial charge < -0.3 is 10.5 Å². The summed E-state index contributed by atoms with van der Waals surface area (Å²) in [5, 5.41) is 0. The maximum atomic E-state index is 6.11. The van der Waals surface area contributed by atoms with Crippen LogP contribution in [0.1, 0.15) is 50.8 Å². The predicted molar refractivity (Wildman–Crippen MR) is 71.0 cm³/mol. The van der Waals surface area contributed by atoms with Crippen LogP contribution in [-0.4, -0.2) is 12.6 Å². The van der Waals surface area contributed by atoms with Crippen LogP contribution < -0.4 is 5.73 Å². The Hall–Kier alpha value is -0.860. The van der Waals surface area contributed by atoms with Crippen molar-refractivity contribution in [3.05, 3.63) is 35.4 Å². The van der Waals surface area contributed by atoms with E-state index in [0.29, 0.717) is 0 Å². The molecule has 2 rings (SSSR count). The summed E-state index contributed by atoms with van der Waals surface area (Å²) in [6.45, 7) is 7.51. The van der Waals surface area contributed by atoms with Crippen LogP contribution in [0, 0.1) is 0 Å². The molecule has 1 aromatic carbocycles. The third kappa shape index (κ3) is 2.88. The van der Waals surface area contributed by atoms with Gasteiger partial charge in [-0.25, -0.2) is 0 Å². The van der Waals surface area contributed by atoms with Gasteiger partial charge in [-0.05, 0) is 29.4 Å². The fourth-order valence-corrected chi connectivity index (χ4v) is 2.32. The monoisotopic (exact) mass is 233 g/mol. The molecule has 17 heavy (non-hydrogen) atoms. The first-order valence-electron chi connectivity index (χ1n) is 6.46. The van der Waals surface area contributed by atoms with Crippen LogP contribution >= 0.6 is 0 Å². The van der Waals surface area contributed by atoms with Crippen molar-refractivity contribution in [2.24, 2.45) is 5.73 Å². The van der Waals surface area contributed by atoms with E-state index in [1.54, 1.807) is 0 Å². The average Bonchev–Trinajstić information content (AvgIpc) is 2.29. The largest absolute Gasteiger partial charge is 0.372 e. The molecular formula is C15H23NO. The number of ether oxygens (including phenoxy) is 1. The SMILES string of the molecule is CC(C)(C)c1ccc(C2OCCCC2N)cc1. The van der Waals surface area contributed by atoms with Gasteiger partial charge in [0.1, 0.15) is 0 Å². The lowest BCUT2D eigenvalue weighted by atomic mass is 9.85. The van der Waals surface area contributed by atoms with Gasteiger partial charge in [0.2, 0.25) is 0 Å². The smallest absolute Gasteiger partial charge is 0.0975 e. The Labute approximate surface area is 104 Å². The molecule has 0 saturated carbocycles. The van der Waals surface area contributed by atoms with Gasteiger partial charge in [-0.2, -0.15) is 0 Å². The summed E-state index contributed by atoms with van der Waals surface area (Å²) in [6.07, 6.45) is 2.22. The minimum absolute atomic E-state index is 0.0813. The van der Waals surface area contributed by atoms with Crippen LogP contribution in [0.4, 0.5) is 0 Å². The van der Waals surface area contributed by atoms with Crippen molar-refractivity contribution in [3.63, 3.8) is 0 Å². The zero-order chi connectivity index (χ0) is 12.5. The highest BCUT2D eigenvalue weighted by Gasteiger charge is 2.24. The normalized spacial score (nSPS) is 25.9. The molecule has 0 aromatic heterocycles. The minimum Gasteiger partial charge on any atom is -0.372 e. The first-order chi connectivity index (χ1) is 7.98. The Balaban J connectivity index is 2.17. The molecule has 1 aromatic rings. The Kier molecular flexibility index (Phi) is 3.55. The van der Waals surface area contributed by atoms with Crippen LogP contribution in [0.5, 0.6) is 0 Å². The second kappa shape index (κ2) is 4.79. The fourth-order valence-electron chi connectivity index (χ4n) is 2.32. The van der Waals surface area contributed by atoms with Gasteiger partial charge in [0, 0.05) is 12.6 Å². The van der Waals surface area contributed by atoms with E-state index in [1.165, 1.54) is 11.1 Å². The van der Waals surface area contributed by atoms with Gasteiger partial charge in [-0.1, -0.05) is 45.0 Å². The third-order valence-electron chi connectivity index (χ3n) is 3.47.